The molecule has 2 unspecified atom stereocenters. The number of carbonyl (C=O) groups excluding carboxylic acids is 1. The Balaban J connectivity index is 1.81. The normalized spacial score (nSPS) is 24.6. The first-order valence-electron chi connectivity index (χ1n) is 9.48. The summed E-state index contributed by atoms with van der Waals surface area (Å²) in [5.74, 6) is 0.592. The monoisotopic (exact) mass is 413 g/mol. The number of hydrogen-bond acceptors (Lipinski definition) is 3. The number of halogens is 2. The fourth-order valence-corrected chi connectivity index (χ4v) is 4.40. The molecule has 1 aromatic rings. The van der Waals surface area contributed by atoms with E-state index in [1.165, 1.54) is 0 Å². The van der Waals surface area contributed by atoms with Gasteiger partial charge in [-0.2, -0.15) is 0 Å². The second-order valence-corrected chi connectivity index (χ2v) is 8.38. The van der Waals surface area contributed by atoms with Gasteiger partial charge in [-0.05, 0) is 62.1 Å². The lowest BCUT2D eigenvalue weighted by Gasteiger charge is -2.33. The van der Waals surface area contributed by atoms with E-state index in [4.69, 9.17) is 27.9 Å². The lowest BCUT2D eigenvalue weighted by molar-refractivity contribution is -0.123. The molecule has 2 N–H and O–H groups in total. The quantitative estimate of drug-likeness (QED) is 0.411. The summed E-state index contributed by atoms with van der Waals surface area (Å²) in [4.78, 5) is 12.5. The second-order valence-electron chi connectivity index (χ2n) is 7.54. The molecule has 1 aliphatic rings. The Morgan fingerprint density at radius 3 is 2.81 bits per heavy atom. The molecule has 1 amide bonds. The van der Waals surface area contributed by atoms with Crippen LogP contribution in [-0.4, -0.2) is 29.8 Å². The summed E-state index contributed by atoms with van der Waals surface area (Å²) in [5.41, 5.74) is -0.386. The van der Waals surface area contributed by atoms with Gasteiger partial charge in [-0.3, -0.25) is 4.79 Å². The highest BCUT2D eigenvalue weighted by atomic mass is 35.5. The lowest BCUT2D eigenvalue weighted by atomic mass is 9.80. The van der Waals surface area contributed by atoms with Gasteiger partial charge in [-0.15, -0.1) is 6.58 Å². The van der Waals surface area contributed by atoms with Crippen LogP contribution in [0.25, 0.3) is 0 Å². The zero-order valence-electron chi connectivity index (χ0n) is 15.9. The highest BCUT2D eigenvalue weighted by Crippen LogP contribution is 2.48. The van der Waals surface area contributed by atoms with Crippen LogP contribution in [0, 0.1) is 5.41 Å². The highest BCUT2D eigenvalue weighted by Gasteiger charge is 2.46. The van der Waals surface area contributed by atoms with Crippen molar-refractivity contribution in [2.75, 3.05) is 13.2 Å². The first-order chi connectivity index (χ1) is 12.9. The van der Waals surface area contributed by atoms with Gasteiger partial charge in [0, 0.05) is 23.6 Å². The summed E-state index contributed by atoms with van der Waals surface area (Å²) in [6.45, 7) is 6.44. The molecular weight excluding hydrogens is 385 g/mol. The van der Waals surface area contributed by atoms with E-state index in [-0.39, 0.29) is 23.5 Å². The van der Waals surface area contributed by atoms with Gasteiger partial charge in [0.05, 0.1) is 11.6 Å². The average Bonchev–Trinajstić information content (AvgIpc) is 3.00. The molecule has 0 aromatic heterocycles. The highest BCUT2D eigenvalue weighted by molar-refractivity contribution is 6.35. The molecule has 1 saturated carbocycles. The molecule has 150 valence electrons. The third-order valence-electron chi connectivity index (χ3n) is 5.54. The van der Waals surface area contributed by atoms with E-state index in [0.717, 1.165) is 32.1 Å². The van der Waals surface area contributed by atoms with Crippen molar-refractivity contribution in [2.45, 2.75) is 57.4 Å². The maximum atomic E-state index is 12.5. The summed E-state index contributed by atoms with van der Waals surface area (Å²) in [6.07, 6.45) is 7.07. The predicted octanol–water partition coefficient (Wildman–Crippen LogP) is 5.16. The number of ether oxygens (including phenoxy) is 1. The summed E-state index contributed by atoms with van der Waals surface area (Å²) in [5, 5.41) is 14.1. The van der Waals surface area contributed by atoms with E-state index in [1.54, 1.807) is 18.2 Å². The van der Waals surface area contributed by atoms with E-state index in [1.807, 2.05) is 6.08 Å². The molecule has 4 nitrogen and oxygen atoms in total. The van der Waals surface area contributed by atoms with Crippen LogP contribution in [-0.2, 0) is 4.79 Å². The maximum absolute atomic E-state index is 12.5. The minimum atomic E-state index is -0.233. The van der Waals surface area contributed by atoms with Crippen molar-refractivity contribution in [2.24, 2.45) is 5.41 Å². The van der Waals surface area contributed by atoms with Crippen molar-refractivity contribution < 1.29 is 14.6 Å². The van der Waals surface area contributed by atoms with Gasteiger partial charge in [0.2, 0.25) is 5.91 Å². The van der Waals surface area contributed by atoms with Gasteiger partial charge < -0.3 is 15.2 Å². The van der Waals surface area contributed by atoms with Crippen molar-refractivity contribution in [3.63, 3.8) is 0 Å². The van der Waals surface area contributed by atoms with Gasteiger partial charge in [0.15, 0.2) is 0 Å². The fraction of sp³-hybridized carbons (Fsp3) is 0.571. The molecule has 1 aliphatic carbocycles. The van der Waals surface area contributed by atoms with Crippen LogP contribution >= 0.6 is 23.2 Å². The molecule has 2 rings (SSSR count). The van der Waals surface area contributed by atoms with Crippen molar-refractivity contribution in [1.29, 1.82) is 0 Å². The molecule has 0 aliphatic heterocycles. The van der Waals surface area contributed by atoms with Crippen molar-refractivity contribution in [3.8, 4) is 5.75 Å². The van der Waals surface area contributed by atoms with Crippen LogP contribution in [0.15, 0.2) is 30.9 Å². The number of allylic oxidation sites excluding steroid dienone is 1. The van der Waals surface area contributed by atoms with Crippen molar-refractivity contribution >= 4 is 29.1 Å². The molecule has 2 atom stereocenters. The first kappa shape index (κ1) is 22.1. The molecular formula is C21H29Cl2NO3. The van der Waals surface area contributed by atoms with Crippen LogP contribution in [0.3, 0.4) is 0 Å². The van der Waals surface area contributed by atoms with E-state index in [2.05, 4.69) is 18.8 Å². The van der Waals surface area contributed by atoms with E-state index in [9.17, 15) is 9.90 Å². The number of hydrogen-bond donors (Lipinski definition) is 2. The van der Waals surface area contributed by atoms with E-state index in [0.29, 0.717) is 35.2 Å². The number of rotatable bonds is 10. The van der Waals surface area contributed by atoms with Gasteiger partial charge in [-0.1, -0.05) is 36.2 Å². The minimum Gasteiger partial charge on any atom is -0.492 e. The zero-order chi connectivity index (χ0) is 19.9. The van der Waals surface area contributed by atoms with E-state index < -0.39 is 0 Å². The smallest absolute Gasteiger partial charge is 0.220 e. The van der Waals surface area contributed by atoms with Gasteiger partial charge in [-0.25, -0.2) is 0 Å². The molecule has 0 bridgehead atoms. The number of benzene rings is 1. The molecule has 1 aromatic carbocycles. The molecule has 6 heteroatoms. The Morgan fingerprint density at radius 1 is 1.41 bits per heavy atom. The van der Waals surface area contributed by atoms with Crippen LogP contribution in [0.2, 0.25) is 10.0 Å². The molecule has 0 spiro atoms. The standard InChI is InChI=1S/C21H29Cl2NO3/c1-3-9-20(15-25)10-11-21(4-2,14-20)24-19(26)6-5-12-27-18-8-7-16(22)13-17(18)23/h3,7-8,13,25H,1,4-6,9-12,14-15H2,2H3,(H,24,26). The van der Waals surface area contributed by atoms with Crippen molar-refractivity contribution in [1.82, 2.24) is 5.32 Å². The van der Waals surface area contributed by atoms with Crippen LogP contribution < -0.4 is 10.1 Å². The Labute approximate surface area is 171 Å². The van der Waals surface area contributed by atoms with Gasteiger partial charge in [0.25, 0.3) is 0 Å². The second kappa shape index (κ2) is 9.81. The molecule has 0 radical (unpaired) electrons. The topological polar surface area (TPSA) is 58.6 Å². The third kappa shape index (κ3) is 5.87. The molecule has 1 fully saturated rings. The van der Waals surface area contributed by atoms with Crippen LogP contribution in [0.1, 0.15) is 51.9 Å². The Kier molecular flexibility index (Phi) is 8.02. The molecule has 0 saturated heterocycles. The number of aliphatic hydroxyl groups is 1. The Hall–Kier alpha value is -1.23. The fourth-order valence-electron chi connectivity index (χ4n) is 3.94. The summed E-state index contributed by atoms with van der Waals surface area (Å²) in [7, 11) is 0. The summed E-state index contributed by atoms with van der Waals surface area (Å²) in [6, 6.07) is 5.08. The SMILES string of the molecule is C=CCC1(CO)CCC(CC)(NC(=O)CCCOc2ccc(Cl)cc2Cl)C1. The summed E-state index contributed by atoms with van der Waals surface area (Å²) < 4.78 is 5.63. The third-order valence-corrected chi connectivity index (χ3v) is 6.07. The average molecular weight is 414 g/mol. The lowest BCUT2D eigenvalue weighted by Crippen LogP contribution is -2.47. The number of carbonyl (C=O) groups is 1. The van der Waals surface area contributed by atoms with Gasteiger partial charge >= 0.3 is 0 Å². The summed E-state index contributed by atoms with van der Waals surface area (Å²) >= 11 is 11.9. The van der Waals surface area contributed by atoms with Crippen LogP contribution in [0.5, 0.6) is 5.75 Å². The number of aliphatic hydroxyl groups excluding tert-OH is 1. The number of nitrogens with one attached hydrogen (secondary N) is 1. The minimum absolute atomic E-state index is 0.0231. The Morgan fingerprint density at radius 2 is 2.19 bits per heavy atom. The zero-order valence-corrected chi connectivity index (χ0v) is 17.4. The maximum Gasteiger partial charge on any atom is 0.220 e. The predicted molar refractivity (Wildman–Crippen MR) is 111 cm³/mol. The van der Waals surface area contributed by atoms with Crippen molar-refractivity contribution in [3.05, 3.63) is 40.9 Å². The number of amides is 1. The van der Waals surface area contributed by atoms with Crippen LogP contribution in [0.4, 0.5) is 0 Å². The Bertz CT molecular complexity index is 667. The molecule has 0 heterocycles. The molecule has 27 heavy (non-hydrogen) atoms. The first-order valence-corrected chi connectivity index (χ1v) is 10.2. The van der Waals surface area contributed by atoms with Gasteiger partial charge in [0.1, 0.15) is 5.75 Å². The largest absolute Gasteiger partial charge is 0.492 e. The van der Waals surface area contributed by atoms with E-state index >= 15 is 0 Å².